The van der Waals surface area contributed by atoms with Crippen LogP contribution >= 0.6 is 0 Å². The van der Waals surface area contributed by atoms with Crippen molar-refractivity contribution in [2.24, 2.45) is 0 Å². The largest absolute Gasteiger partial charge is 0.679 e. The van der Waals surface area contributed by atoms with Gasteiger partial charge in [0.15, 0.2) is 0 Å². The molecule has 7 heteroatoms. The van der Waals surface area contributed by atoms with E-state index >= 15 is 0 Å². The first-order valence-corrected chi connectivity index (χ1v) is 3.19. The Hall–Kier alpha value is -0.132. The Morgan fingerprint density at radius 3 is 1.00 bits per heavy atom. The fraction of sp³-hybridized carbons (Fsp3) is 0.714. The van der Waals surface area contributed by atoms with Crippen LogP contribution < -0.4 is 0 Å². The summed E-state index contributed by atoms with van der Waals surface area (Å²) in [6, 6.07) is 0. The van der Waals surface area contributed by atoms with E-state index in [9.17, 15) is 0 Å². The van der Waals surface area contributed by atoms with Crippen LogP contribution in [0.15, 0.2) is 0 Å². The van der Waals surface area contributed by atoms with Gasteiger partial charge in [-0.2, -0.15) is 19.6 Å². The standard InChI is InChI=1S/C2H6N2.C2H6N.CH4O.2CHO.Mo/c3-1-2-4;1-2-3;3*1-2;/h3-4H,1-2H2;3H,2H2,1H3;2H,1H3;2*1H;/q-2;-1;;2*-1;. The average Bonchev–Trinajstić information content (AvgIpc) is 2.27. The SMILES string of the molecule is CC[NH-].CO.[CH-]=O.[CH-]=O.[Mo].[NH-]CC[NH-]. The van der Waals surface area contributed by atoms with Crippen molar-refractivity contribution in [2.45, 2.75) is 6.92 Å². The van der Waals surface area contributed by atoms with Crippen LogP contribution in [-0.4, -0.2) is 45.4 Å². The van der Waals surface area contributed by atoms with Crippen molar-refractivity contribution in [1.29, 1.82) is 0 Å². The summed E-state index contributed by atoms with van der Waals surface area (Å²) in [6.45, 7) is 9.26. The Kier molecular flexibility index (Phi) is 584. The maximum Gasteiger partial charge on any atom is 0.0319 e. The summed E-state index contributed by atoms with van der Waals surface area (Å²) >= 11 is 0. The number of hydrogen-bond donors (Lipinski definition) is 1. The van der Waals surface area contributed by atoms with E-state index in [1.165, 1.54) is 0 Å². The summed E-state index contributed by atoms with van der Waals surface area (Å²) in [4.78, 5) is 15.5. The van der Waals surface area contributed by atoms with E-state index < -0.39 is 0 Å². The average molecular weight is 288 g/mol. The van der Waals surface area contributed by atoms with Gasteiger partial charge >= 0.3 is 0 Å². The zero-order valence-corrected chi connectivity index (χ0v) is 10.5. The molecule has 0 aromatic carbocycles. The van der Waals surface area contributed by atoms with E-state index in [0.29, 0.717) is 6.54 Å². The summed E-state index contributed by atoms with van der Waals surface area (Å²) in [5.74, 6) is 0. The molecule has 4 N–H and O–H groups in total. The molecule has 0 aromatic heterocycles. The Labute approximate surface area is 100 Å². The molecule has 14 heavy (non-hydrogen) atoms. The molecular weight excluding hydrogens is 270 g/mol. The van der Waals surface area contributed by atoms with Crippen molar-refractivity contribution in [1.82, 2.24) is 0 Å². The Morgan fingerprint density at radius 2 is 1.00 bits per heavy atom. The molecule has 0 rings (SSSR count). The molecule has 0 saturated carbocycles. The van der Waals surface area contributed by atoms with Crippen molar-refractivity contribution >= 4 is 13.6 Å². The van der Waals surface area contributed by atoms with Gasteiger partial charge in [-0.05, 0) is 0 Å². The molecule has 0 unspecified atom stereocenters. The molecule has 90 valence electrons. The van der Waals surface area contributed by atoms with Crippen molar-refractivity contribution in [2.75, 3.05) is 26.7 Å². The van der Waals surface area contributed by atoms with Gasteiger partial charge in [0.2, 0.25) is 0 Å². The van der Waals surface area contributed by atoms with Gasteiger partial charge in [0, 0.05) is 28.2 Å². The first-order valence-electron chi connectivity index (χ1n) is 3.19. The second-order valence-electron chi connectivity index (χ2n) is 0.854. The second-order valence-corrected chi connectivity index (χ2v) is 0.854. The fourth-order valence-electron chi connectivity index (χ4n) is 0. The molecule has 0 aliphatic heterocycles. The van der Waals surface area contributed by atoms with Gasteiger partial charge in [0.1, 0.15) is 0 Å². The van der Waals surface area contributed by atoms with E-state index in [4.69, 9.17) is 31.9 Å². The van der Waals surface area contributed by atoms with Crippen LogP contribution in [-0.2, 0) is 30.7 Å². The molecule has 0 amide bonds. The van der Waals surface area contributed by atoms with Crippen molar-refractivity contribution in [3.05, 3.63) is 17.2 Å². The molecule has 0 fully saturated rings. The maximum absolute atomic E-state index is 7.75. The molecule has 0 aliphatic rings. The predicted molar refractivity (Wildman–Crippen MR) is 54.9 cm³/mol. The van der Waals surface area contributed by atoms with E-state index in [2.05, 4.69) is 13.6 Å². The van der Waals surface area contributed by atoms with Gasteiger partial charge in [0.05, 0.1) is 0 Å². The number of aliphatic hydroxyl groups excluding tert-OH is 1. The van der Waals surface area contributed by atoms with Gasteiger partial charge in [-0.25, -0.2) is 0 Å². The molecule has 0 aromatic rings. The second kappa shape index (κ2) is 220. The Balaban J connectivity index is -0.0000000146. The molecule has 0 radical (unpaired) electrons. The number of carbonyl (C=O) groups excluding carboxylic acids is 2. The number of nitrogens with one attached hydrogen (secondary N) is 3. The molecule has 0 aliphatic carbocycles. The zero-order valence-electron chi connectivity index (χ0n) is 8.45. The van der Waals surface area contributed by atoms with E-state index in [-0.39, 0.29) is 34.2 Å². The van der Waals surface area contributed by atoms with Crippen LogP contribution in [0.1, 0.15) is 6.92 Å². The Bertz CT molecular complexity index is 43.4. The number of aliphatic hydroxyl groups is 1. The first kappa shape index (κ1) is 37.1. The molecule has 0 saturated heterocycles. The summed E-state index contributed by atoms with van der Waals surface area (Å²) in [5, 5.41) is 7.00. The summed E-state index contributed by atoms with van der Waals surface area (Å²) in [6.07, 6.45) is 0. The molecule has 6 nitrogen and oxygen atoms in total. The maximum atomic E-state index is 7.75. The summed E-state index contributed by atoms with van der Waals surface area (Å²) in [7, 11) is 1.00. The minimum atomic E-state index is 0. The van der Waals surface area contributed by atoms with Gasteiger partial charge in [-0.3, -0.25) is 13.6 Å². The topological polar surface area (TPSA) is 126 Å². The zero-order chi connectivity index (χ0) is 12.1. The van der Waals surface area contributed by atoms with Gasteiger partial charge < -0.3 is 31.9 Å². The van der Waals surface area contributed by atoms with Crippen LogP contribution in [0.25, 0.3) is 17.2 Å². The van der Waals surface area contributed by atoms with Crippen LogP contribution in [0.3, 0.4) is 0 Å². The summed E-state index contributed by atoms with van der Waals surface area (Å²) < 4.78 is 0. The molecule has 0 spiro atoms. The molecule has 0 heterocycles. The molecule has 0 atom stereocenters. The van der Waals surface area contributed by atoms with Gasteiger partial charge in [-0.1, -0.05) is 6.92 Å². The fourth-order valence-corrected chi connectivity index (χ4v) is 0. The number of hydrogen-bond acceptors (Lipinski definition) is 3. The third-order valence-electron chi connectivity index (χ3n) is 0.125. The third kappa shape index (κ3) is 1860. The smallest absolute Gasteiger partial charge is 0.0319 e. The van der Waals surface area contributed by atoms with Gasteiger partial charge in [-0.15, -0.1) is 0 Å². The quantitative estimate of drug-likeness (QED) is 0.442. The third-order valence-corrected chi connectivity index (χ3v) is 0.125. The van der Waals surface area contributed by atoms with Crippen molar-refractivity contribution in [3.63, 3.8) is 0 Å². The van der Waals surface area contributed by atoms with Crippen molar-refractivity contribution in [3.8, 4) is 0 Å². The molecular formula is C7H18MoN3O3-5. The minimum Gasteiger partial charge on any atom is -0.679 e. The van der Waals surface area contributed by atoms with E-state index in [1.807, 2.05) is 0 Å². The van der Waals surface area contributed by atoms with Crippen LogP contribution in [0, 0.1) is 0 Å². The monoisotopic (exact) mass is 290 g/mol. The van der Waals surface area contributed by atoms with Crippen molar-refractivity contribution < 1.29 is 35.8 Å². The molecule has 0 bridgehead atoms. The van der Waals surface area contributed by atoms with E-state index in [0.717, 1.165) is 7.11 Å². The van der Waals surface area contributed by atoms with Crippen LogP contribution in [0.2, 0.25) is 0 Å². The van der Waals surface area contributed by atoms with Gasteiger partial charge in [0.25, 0.3) is 0 Å². The Morgan fingerprint density at radius 1 is 0.929 bits per heavy atom. The first-order chi connectivity index (χ1) is 6.33. The van der Waals surface area contributed by atoms with Crippen LogP contribution in [0.4, 0.5) is 0 Å². The minimum absolute atomic E-state index is 0. The normalized spacial score (nSPS) is 4.43. The van der Waals surface area contributed by atoms with E-state index in [1.54, 1.807) is 6.92 Å². The summed E-state index contributed by atoms with van der Waals surface area (Å²) in [5.41, 5.74) is 18.7. The van der Waals surface area contributed by atoms with Crippen LogP contribution in [0.5, 0.6) is 0 Å². The number of rotatable bonds is 1. The predicted octanol–water partition coefficient (Wildman–Crippen LogP) is 1.21.